The van der Waals surface area contributed by atoms with Crippen molar-refractivity contribution in [1.82, 2.24) is 19.9 Å². The van der Waals surface area contributed by atoms with Crippen LogP contribution < -0.4 is 5.32 Å². The number of carbonyl (C=O) groups is 1. The quantitative estimate of drug-likeness (QED) is 0.219. The van der Waals surface area contributed by atoms with Crippen LogP contribution in [0.1, 0.15) is 50.5 Å². The molecule has 1 amide bonds. The highest BCUT2D eigenvalue weighted by Crippen LogP contribution is 2.41. The Balaban J connectivity index is 1.47. The molecule has 0 radical (unpaired) electrons. The molecule has 33 heavy (non-hydrogen) atoms. The highest BCUT2D eigenvalue weighted by molar-refractivity contribution is 7.59. The minimum Gasteiger partial charge on any atom is -0.379 e. The summed E-state index contributed by atoms with van der Waals surface area (Å²) >= 11 is 0. The number of hydrogen-bond donors (Lipinski definition) is 1. The number of nitrogens with one attached hydrogen (secondary N) is 1. The summed E-state index contributed by atoms with van der Waals surface area (Å²) in [5, 5.41) is 2.94. The topological polar surface area (TPSA) is 74.8 Å². The van der Waals surface area contributed by atoms with Crippen LogP contribution in [0.3, 0.4) is 0 Å². The van der Waals surface area contributed by atoms with Gasteiger partial charge in [-0.05, 0) is 43.5 Å². The second-order valence-electron chi connectivity index (χ2n) is 9.09. The molecular formula is C25H43N4O3P. The molecule has 1 aliphatic rings. The summed E-state index contributed by atoms with van der Waals surface area (Å²) < 4.78 is 20.3. The van der Waals surface area contributed by atoms with Crippen molar-refractivity contribution in [2.24, 2.45) is 0 Å². The Morgan fingerprint density at radius 2 is 1.82 bits per heavy atom. The van der Waals surface area contributed by atoms with Gasteiger partial charge in [0.15, 0.2) is 0 Å². The van der Waals surface area contributed by atoms with Gasteiger partial charge >= 0.3 is 0 Å². The summed E-state index contributed by atoms with van der Waals surface area (Å²) in [5.41, 5.74) is 0.922. The fourth-order valence-electron chi connectivity index (χ4n) is 3.94. The van der Waals surface area contributed by atoms with Crippen molar-refractivity contribution in [1.29, 1.82) is 0 Å². The molecule has 1 saturated heterocycles. The highest BCUT2D eigenvalue weighted by Gasteiger charge is 2.19. The molecule has 0 bridgehead atoms. The predicted molar refractivity (Wildman–Crippen MR) is 137 cm³/mol. The molecule has 0 aliphatic carbocycles. The zero-order chi connectivity index (χ0) is 23.8. The molecule has 1 aromatic heterocycles. The molecule has 2 rings (SSSR count). The summed E-state index contributed by atoms with van der Waals surface area (Å²) in [4.78, 5) is 18.3. The normalized spacial score (nSPS) is 15.4. The first-order chi connectivity index (χ1) is 15.9. The third-order valence-electron chi connectivity index (χ3n) is 5.93. The first-order valence-corrected chi connectivity index (χ1v) is 15.0. The lowest BCUT2D eigenvalue weighted by atomic mass is 10.1. The monoisotopic (exact) mass is 478 g/mol. The van der Waals surface area contributed by atoms with Gasteiger partial charge in [0.25, 0.3) is 0 Å². The van der Waals surface area contributed by atoms with E-state index in [-0.39, 0.29) is 5.91 Å². The minimum atomic E-state index is -2.21. The Morgan fingerprint density at radius 3 is 2.52 bits per heavy atom. The molecule has 1 aromatic rings. The maximum Gasteiger partial charge on any atom is 0.243 e. The van der Waals surface area contributed by atoms with Crippen LogP contribution in [0, 0.1) is 0 Å². The Hall–Kier alpha value is -1.53. The molecule has 2 heterocycles. The Bertz CT molecular complexity index is 732. The van der Waals surface area contributed by atoms with Crippen LogP contribution in [-0.4, -0.2) is 86.3 Å². The summed E-state index contributed by atoms with van der Waals surface area (Å²) in [7, 11) is -2.21. The average Bonchev–Trinajstić information content (AvgIpc) is 2.81. The number of hydrogen-bond acceptors (Lipinski definition) is 5. The van der Waals surface area contributed by atoms with Crippen LogP contribution in [0.5, 0.6) is 0 Å². The number of nitrogens with zero attached hydrogens (tertiary/aromatic N) is 3. The van der Waals surface area contributed by atoms with Crippen molar-refractivity contribution in [3.05, 3.63) is 36.2 Å². The number of amides is 1. The van der Waals surface area contributed by atoms with E-state index in [2.05, 4.69) is 19.9 Å². The summed E-state index contributed by atoms with van der Waals surface area (Å²) in [6.45, 7) is 11.1. The van der Waals surface area contributed by atoms with Crippen molar-refractivity contribution in [2.75, 3.05) is 65.8 Å². The van der Waals surface area contributed by atoms with E-state index in [1.807, 2.05) is 25.5 Å². The van der Waals surface area contributed by atoms with Crippen LogP contribution in [0.25, 0.3) is 6.08 Å². The van der Waals surface area contributed by atoms with E-state index < -0.39 is 7.29 Å². The Labute approximate surface area is 200 Å². The first kappa shape index (κ1) is 27.7. The molecule has 7 nitrogen and oxygen atoms in total. The highest BCUT2D eigenvalue weighted by atomic mass is 31.2. The number of carbonyl (C=O) groups excluding carboxylic acids is 1. The Morgan fingerprint density at radius 1 is 1.12 bits per heavy atom. The third-order valence-corrected chi connectivity index (χ3v) is 7.69. The zero-order valence-corrected chi connectivity index (χ0v) is 21.5. The Kier molecular flexibility index (Phi) is 13.6. The molecule has 1 N–H and O–H groups in total. The van der Waals surface area contributed by atoms with Crippen LogP contribution in [0.4, 0.5) is 0 Å². The van der Waals surface area contributed by atoms with E-state index in [4.69, 9.17) is 4.74 Å². The van der Waals surface area contributed by atoms with E-state index in [9.17, 15) is 9.36 Å². The van der Waals surface area contributed by atoms with Crippen molar-refractivity contribution in [3.8, 4) is 0 Å². The lowest BCUT2D eigenvalue weighted by Gasteiger charge is -2.30. The van der Waals surface area contributed by atoms with E-state index in [1.165, 1.54) is 19.3 Å². The van der Waals surface area contributed by atoms with Crippen LogP contribution in [0.15, 0.2) is 30.6 Å². The maximum atomic E-state index is 12.7. The first-order valence-electron chi connectivity index (χ1n) is 12.4. The largest absolute Gasteiger partial charge is 0.379 e. The van der Waals surface area contributed by atoms with E-state index in [0.29, 0.717) is 6.54 Å². The van der Waals surface area contributed by atoms with Crippen LogP contribution >= 0.6 is 7.29 Å². The van der Waals surface area contributed by atoms with Gasteiger partial charge in [-0.1, -0.05) is 31.7 Å². The lowest BCUT2D eigenvalue weighted by Crippen LogP contribution is -2.38. The second kappa shape index (κ2) is 16.2. The fraction of sp³-hybridized carbons (Fsp3) is 0.680. The van der Waals surface area contributed by atoms with Crippen molar-refractivity contribution < 1.29 is 14.1 Å². The average molecular weight is 479 g/mol. The van der Waals surface area contributed by atoms with E-state index in [1.54, 1.807) is 24.5 Å². The van der Waals surface area contributed by atoms with E-state index in [0.717, 1.165) is 77.2 Å². The molecule has 8 heteroatoms. The molecule has 0 unspecified atom stereocenters. The number of rotatable bonds is 16. The van der Waals surface area contributed by atoms with Gasteiger partial charge in [0, 0.05) is 64.5 Å². The van der Waals surface area contributed by atoms with Gasteiger partial charge in [-0.25, -0.2) is 0 Å². The van der Waals surface area contributed by atoms with Gasteiger partial charge in [-0.3, -0.25) is 19.3 Å². The molecule has 0 spiro atoms. The summed E-state index contributed by atoms with van der Waals surface area (Å²) in [6.07, 6.45) is 14.6. The van der Waals surface area contributed by atoms with Gasteiger partial charge in [0.2, 0.25) is 5.91 Å². The molecule has 0 atom stereocenters. The number of aromatic nitrogens is 1. The fourth-order valence-corrected chi connectivity index (χ4v) is 5.18. The molecule has 1 fully saturated rings. The standard InChI is InChI=1S/C25H43N4O3P/c1-33(2,31)29(18-10-16-28-19-21-32-22-20-28)17-8-6-4-3-5-7-15-27-25(30)13-12-24-11-9-14-26-23-24/h9,11-14,23H,3-8,10,15-22H2,1-2H3,(H,27,30). The SMILES string of the molecule is CP(C)(=O)N(CCCCCCCCNC(=O)C=Cc1cccnc1)CCCN1CCOCC1. The van der Waals surface area contributed by atoms with Crippen molar-refractivity contribution in [2.45, 2.75) is 44.9 Å². The number of morpholine rings is 1. The van der Waals surface area contributed by atoms with Crippen molar-refractivity contribution in [3.63, 3.8) is 0 Å². The number of unbranched alkanes of at least 4 members (excludes halogenated alkanes) is 5. The molecule has 0 aromatic carbocycles. The summed E-state index contributed by atoms with van der Waals surface area (Å²) in [5.74, 6) is -0.0591. The number of pyridine rings is 1. The molecule has 0 saturated carbocycles. The van der Waals surface area contributed by atoms with Gasteiger partial charge in [-0.15, -0.1) is 0 Å². The number of ether oxygens (including phenoxy) is 1. The smallest absolute Gasteiger partial charge is 0.243 e. The molecular weight excluding hydrogens is 435 g/mol. The zero-order valence-electron chi connectivity index (χ0n) is 20.6. The molecule has 186 valence electrons. The van der Waals surface area contributed by atoms with Crippen LogP contribution in [-0.2, 0) is 14.1 Å². The van der Waals surface area contributed by atoms with Gasteiger partial charge in [0.1, 0.15) is 7.29 Å². The third kappa shape index (κ3) is 13.1. The van der Waals surface area contributed by atoms with Gasteiger partial charge in [-0.2, -0.15) is 0 Å². The van der Waals surface area contributed by atoms with Crippen molar-refractivity contribution >= 4 is 19.3 Å². The second-order valence-corrected chi connectivity index (χ2v) is 12.2. The van der Waals surface area contributed by atoms with Gasteiger partial charge in [0.05, 0.1) is 13.2 Å². The molecule has 1 aliphatic heterocycles. The maximum absolute atomic E-state index is 12.7. The summed E-state index contributed by atoms with van der Waals surface area (Å²) in [6, 6.07) is 3.77. The minimum absolute atomic E-state index is 0.0591. The predicted octanol–water partition coefficient (Wildman–Crippen LogP) is 4.11. The van der Waals surface area contributed by atoms with Gasteiger partial charge < -0.3 is 14.6 Å². The van der Waals surface area contributed by atoms with E-state index >= 15 is 0 Å². The van der Waals surface area contributed by atoms with Crippen LogP contribution in [0.2, 0.25) is 0 Å². The lowest BCUT2D eigenvalue weighted by molar-refractivity contribution is -0.116.